The molecule has 1 aromatic carbocycles. The number of hydrogen-bond acceptors (Lipinski definition) is 9. The van der Waals surface area contributed by atoms with E-state index >= 15 is 0 Å². The summed E-state index contributed by atoms with van der Waals surface area (Å²) in [6.45, 7) is 1.56. The van der Waals surface area contributed by atoms with Crippen LogP contribution in [-0.2, 0) is 6.42 Å². The van der Waals surface area contributed by atoms with Crippen molar-refractivity contribution < 1.29 is 13.2 Å². The van der Waals surface area contributed by atoms with Crippen molar-refractivity contribution in [1.82, 2.24) is 24.5 Å². The van der Waals surface area contributed by atoms with Crippen LogP contribution in [0.1, 0.15) is 17.1 Å². The Morgan fingerprint density at radius 1 is 1.19 bits per heavy atom. The van der Waals surface area contributed by atoms with Crippen LogP contribution in [0.5, 0.6) is 0 Å². The number of anilines is 2. The molecule has 0 atom stereocenters. The van der Waals surface area contributed by atoms with Crippen LogP contribution in [0, 0.1) is 18.3 Å². The van der Waals surface area contributed by atoms with Crippen LogP contribution in [0.3, 0.4) is 0 Å². The molecule has 190 valence electrons. The van der Waals surface area contributed by atoms with Crippen LogP contribution in [-0.4, -0.2) is 70.0 Å². The molecule has 3 aromatic rings. The minimum Gasteiger partial charge on any atom is -0.368 e. The van der Waals surface area contributed by atoms with E-state index in [2.05, 4.69) is 20.3 Å². The lowest BCUT2D eigenvalue weighted by Gasteiger charge is -2.37. The van der Waals surface area contributed by atoms with Gasteiger partial charge in [0.1, 0.15) is 23.3 Å². The maximum Gasteiger partial charge on any atom is 0.401 e. The summed E-state index contributed by atoms with van der Waals surface area (Å²) >= 11 is 6.29. The van der Waals surface area contributed by atoms with E-state index in [4.69, 9.17) is 17.3 Å². The second kappa shape index (κ2) is 10.2. The van der Waals surface area contributed by atoms with Crippen LogP contribution in [0.2, 0.25) is 5.02 Å². The van der Waals surface area contributed by atoms with Crippen LogP contribution >= 0.6 is 11.6 Å². The third kappa shape index (κ3) is 5.44. The maximum absolute atomic E-state index is 13.5. The van der Waals surface area contributed by atoms with Gasteiger partial charge >= 0.3 is 6.18 Å². The van der Waals surface area contributed by atoms with E-state index in [0.29, 0.717) is 17.0 Å². The number of rotatable bonds is 6. The van der Waals surface area contributed by atoms with E-state index in [-0.39, 0.29) is 66.9 Å². The molecule has 0 radical (unpaired) electrons. The van der Waals surface area contributed by atoms with Gasteiger partial charge in [-0.2, -0.15) is 23.4 Å². The average Bonchev–Trinajstić information content (AvgIpc) is 2.79. The molecule has 2 aromatic heterocycles. The Morgan fingerprint density at radius 2 is 1.92 bits per heavy atom. The normalized spacial score (nSPS) is 14.7. The molecule has 1 aliphatic heterocycles. The number of nitrogens with zero attached hydrogens (tertiary/aromatic N) is 7. The Morgan fingerprint density at radius 3 is 2.58 bits per heavy atom. The standard InChI is InChI=1S/C22H23ClF3N9O/c1-13-14(11-27)19(32-21(28)30-13)29-6-5-17-31-16-4-2-3-15(23)18(16)20(36)35(17)34-9-7-33(8-10-34)12-22(24,25)26/h2-4H,5-10,12H2,1H3,(H3,28,29,30,32). The monoisotopic (exact) mass is 521 g/mol. The zero-order valence-electron chi connectivity index (χ0n) is 19.3. The third-order valence-electron chi connectivity index (χ3n) is 5.79. The summed E-state index contributed by atoms with van der Waals surface area (Å²) in [7, 11) is 0. The van der Waals surface area contributed by atoms with Crippen molar-refractivity contribution in [3.63, 3.8) is 0 Å². The Kier molecular flexibility index (Phi) is 7.18. The Hall–Kier alpha value is -3.63. The fourth-order valence-corrected chi connectivity index (χ4v) is 4.43. The molecule has 0 spiro atoms. The van der Waals surface area contributed by atoms with Gasteiger partial charge in [0.05, 0.1) is 28.2 Å². The molecule has 14 heteroatoms. The van der Waals surface area contributed by atoms with E-state index in [1.54, 1.807) is 30.1 Å². The number of aryl methyl sites for hydroxylation is 1. The Labute approximate surface area is 209 Å². The van der Waals surface area contributed by atoms with Crippen LogP contribution < -0.4 is 21.6 Å². The topological polar surface area (TPSA) is 129 Å². The van der Waals surface area contributed by atoms with E-state index in [0.717, 1.165) is 0 Å². The second-order valence-corrected chi connectivity index (χ2v) is 8.71. The van der Waals surface area contributed by atoms with Crippen LogP contribution in [0.4, 0.5) is 24.9 Å². The number of nitrogens with two attached hydrogens (primary N) is 1. The summed E-state index contributed by atoms with van der Waals surface area (Å²) in [6, 6.07) is 6.99. The summed E-state index contributed by atoms with van der Waals surface area (Å²) in [5.74, 6) is 0.672. The van der Waals surface area contributed by atoms with Gasteiger partial charge < -0.3 is 16.1 Å². The Balaban J connectivity index is 1.63. The zero-order chi connectivity index (χ0) is 26.0. The number of aromatic nitrogens is 4. The lowest BCUT2D eigenvalue weighted by Crippen LogP contribution is -2.56. The fourth-order valence-electron chi connectivity index (χ4n) is 4.18. The van der Waals surface area contributed by atoms with Gasteiger partial charge in [-0.25, -0.2) is 14.6 Å². The molecular weight excluding hydrogens is 499 g/mol. The molecular formula is C22H23ClF3N9O. The summed E-state index contributed by atoms with van der Waals surface area (Å²) in [6.07, 6.45) is -4.05. The average molecular weight is 522 g/mol. The number of nitriles is 1. The van der Waals surface area contributed by atoms with E-state index in [1.807, 2.05) is 6.07 Å². The summed E-state index contributed by atoms with van der Waals surface area (Å²) in [5, 5.41) is 14.6. The van der Waals surface area contributed by atoms with Crippen molar-refractivity contribution in [3.05, 3.63) is 50.7 Å². The highest BCUT2D eigenvalue weighted by Crippen LogP contribution is 2.21. The number of nitrogen functional groups attached to an aromatic ring is 1. The number of alkyl halides is 3. The van der Waals surface area contributed by atoms with Gasteiger partial charge in [0.2, 0.25) is 5.95 Å². The van der Waals surface area contributed by atoms with Gasteiger partial charge in [0.25, 0.3) is 5.56 Å². The van der Waals surface area contributed by atoms with Crippen molar-refractivity contribution in [1.29, 1.82) is 5.26 Å². The minimum atomic E-state index is -4.29. The number of nitrogens with one attached hydrogen (secondary N) is 1. The second-order valence-electron chi connectivity index (χ2n) is 8.30. The maximum atomic E-state index is 13.5. The molecule has 4 rings (SSSR count). The lowest BCUT2D eigenvalue weighted by atomic mass is 10.2. The number of piperazine rings is 1. The fraction of sp³-hybridized carbons (Fsp3) is 0.409. The first-order chi connectivity index (χ1) is 17.1. The van der Waals surface area contributed by atoms with Crippen LogP contribution in [0.15, 0.2) is 23.0 Å². The molecule has 3 heterocycles. The molecule has 0 bridgehead atoms. The first-order valence-electron chi connectivity index (χ1n) is 11.1. The van der Waals surface area contributed by atoms with Crippen LogP contribution in [0.25, 0.3) is 10.9 Å². The molecule has 0 amide bonds. The molecule has 1 aliphatic rings. The predicted octanol–water partition coefficient (Wildman–Crippen LogP) is 2.07. The smallest absolute Gasteiger partial charge is 0.368 e. The quantitative estimate of drug-likeness (QED) is 0.500. The molecule has 3 N–H and O–H groups in total. The summed E-state index contributed by atoms with van der Waals surface area (Å²) in [4.78, 5) is 27.5. The molecule has 0 aliphatic carbocycles. The molecule has 0 unspecified atom stereocenters. The van der Waals surface area contributed by atoms with Crippen molar-refractivity contribution in [2.75, 3.05) is 55.3 Å². The van der Waals surface area contributed by atoms with Crippen molar-refractivity contribution in [3.8, 4) is 6.07 Å². The van der Waals surface area contributed by atoms with E-state index in [1.165, 1.54) is 9.58 Å². The van der Waals surface area contributed by atoms with Crippen molar-refractivity contribution in [2.24, 2.45) is 0 Å². The summed E-state index contributed by atoms with van der Waals surface area (Å²) in [5.41, 5.74) is 6.40. The van der Waals surface area contributed by atoms with E-state index in [9.17, 15) is 23.2 Å². The third-order valence-corrected chi connectivity index (χ3v) is 6.10. The molecule has 36 heavy (non-hydrogen) atoms. The first kappa shape index (κ1) is 25.5. The lowest BCUT2D eigenvalue weighted by molar-refractivity contribution is -0.146. The number of hydrogen-bond donors (Lipinski definition) is 2. The molecule has 0 saturated carbocycles. The van der Waals surface area contributed by atoms with Gasteiger partial charge in [-0.05, 0) is 19.1 Å². The number of benzene rings is 1. The van der Waals surface area contributed by atoms with Gasteiger partial charge in [-0.15, -0.1) is 0 Å². The summed E-state index contributed by atoms with van der Waals surface area (Å²) < 4.78 is 39.8. The Bertz CT molecular complexity index is 1380. The van der Waals surface area contributed by atoms with Gasteiger partial charge in [-0.1, -0.05) is 17.7 Å². The van der Waals surface area contributed by atoms with E-state index < -0.39 is 18.3 Å². The van der Waals surface area contributed by atoms with Gasteiger partial charge in [0.15, 0.2) is 0 Å². The number of halogens is 4. The highest BCUT2D eigenvalue weighted by atomic mass is 35.5. The predicted molar refractivity (Wildman–Crippen MR) is 130 cm³/mol. The molecule has 1 fully saturated rings. The molecule has 10 nitrogen and oxygen atoms in total. The first-order valence-corrected chi connectivity index (χ1v) is 11.5. The zero-order valence-corrected chi connectivity index (χ0v) is 20.1. The van der Waals surface area contributed by atoms with Crippen molar-refractivity contribution in [2.45, 2.75) is 19.5 Å². The SMILES string of the molecule is Cc1nc(N)nc(NCCc2nc3cccc(Cl)c3c(=O)n2N2CCN(CC(F)(F)F)CC2)c1C#N. The molecule has 1 saturated heterocycles. The largest absolute Gasteiger partial charge is 0.401 e. The highest BCUT2D eigenvalue weighted by molar-refractivity contribution is 6.35. The minimum absolute atomic E-state index is 0.0149. The number of fused-ring (bicyclic) bond motifs is 1. The van der Waals surface area contributed by atoms with Crippen molar-refractivity contribution >= 4 is 34.3 Å². The highest BCUT2D eigenvalue weighted by Gasteiger charge is 2.32. The van der Waals surface area contributed by atoms with Gasteiger partial charge in [0, 0.05) is 39.1 Å². The van der Waals surface area contributed by atoms with Gasteiger partial charge in [-0.3, -0.25) is 9.69 Å².